The second-order valence-corrected chi connectivity index (χ2v) is 4.21. The van der Waals surface area contributed by atoms with E-state index in [2.05, 4.69) is 0 Å². The predicted molar refractivity (Wildman–Crippen MR) is 58.0 cm³/mol. The maximum atomic E-state index is 12.0. The molecule has 1 N–H and O–H groups in total. The van der Waals surface area contributed by atoms with E-state index in [1.807, 2.05) is 0 Å². The van der Waals surface area contributed by atoms with E-state index in [-0.39, 0.29) is 5.91 Å². The minimum absolute atomic E-state index is 0.0830. The molecule has 16 heavy (non-hydrogen) atoms. The van der Waals surface area contributed by atoms with Crippen molar-refractivity contribution < 1.29 is 19.4 Å². The molecule has 1 rings (SSSR count). The van der Waals surface area contributed by atoms with Gasteiger partial charge in [0, 0.05) is 25.6 Å². The van der Waals surface area contributed by atoms with Gasteiger partial charge in [-0.05, 0) is 6.42 Å². The van der Waals surface area contributed by atoms with Crippen molar-refractivity contribution in [2.24, 2.45) is 11.8 Å². The van der Waals surface area contributed by atoms with Crippen LogP contribution in [0.15, 0.2) is 0 Å². The quantitative estimate of drug-likeness (QED) is 0.769. The Hall–Kier alpha value is -1.10. The number of rotatable bonds is 3. The number of carboxylic acids is 1. The summed E-state index contributed by atoms with van der Waals surface area (Å²) in [6, 6.07) is 0. The van der Waals surface area contributed by atoms with Crippen LogP contribution in [0.3, 0.4) is 0 Å². The zero-order chi connectivity index (χ0) is 12.1. The topological polar surface area (TPSA) is 66.8 Å². The van der Waals surface area contributed by atoms with Crippen LogP contribution in [0.4, 0.5) is 0 Å². The van der Waals surface area contributed by atoms with Crippen molar-refractivity contribution in [3.8, 4) is 0 Å². The van der Waals surface area contributed by atoms with Gasteiger partial charge in [-0.2, -0.15) is 0 Å². The number of amides is 1. The van der Waals surface area contributed by atoms with Gasteiger partial charge < -0.3 is 14.7 Å². The average molecular weight is 229 g/mol. The van der Waals surface area contributed by atoms with Crippen LogP contribution in [0.5, 0.6) is 0 Å². The number of carbonyl (C=O) groups is 2. The highest BCUT2D eigenvalue weighted by atomic mass is 16.5. The molecule has 5 heteroatoms. The molecule has 1 saturated heterocycles. The molecule has 0 spiro atoms. The first kappa shape index (κ1) is 13.0. The molecule has 2 atom stereocenters. The molecular weight excluding hydrogens is 210 g/mol. The highest BCUT2D eigenvalue weighted by molar-refractivity contribution is 5.84. The Kier molecular flexibility index (Phi) is 4.73. The molecule has 1 heterocycles. The second-order valence-electron chi connectivity index (χ2n) is 4.21. The van der Waals surface area contributed by atoms with Gasteiger partial charge in [-0.15, -0.1) is 0 Å². The normalized spacial score (nSPS) is 21.0. The summed E-state index contributed by atoms with van der Waals surface area (Å²) in [4.78, 5) is 24.5. The Morgan fingerprint density at radius 1 is 1.19 bits per heavy atom. The summed E-state index contributed by atoms with van der Waals surface area (Å²) in [7, 11) is 0. The molecule has 0 saturated carbocycles. The van der Waals surface area contributed by atoms with Crippen molar-refractivity contribution in [1.29, 1.82) is 0 Å². The number of hydrogen-bond donors (Lipinski definition) is 1. The first-order valence-electron chi connectivity index (χ1n) is 5.63. The van der Waals surface area contributed by atoms with E-state index in [1.54, 1.807) is 18.7 Å². The number of aliphatic carboxylic acids is 1. The maximum Gasteiger partial charge on any atom is 0.307 e. The second kappa shape index (κ2) is 5.84. The summed E-state index contributed by atoms with van der Waals surface area (Å²) >= 11 is 0. The van der Waals surface area contributed by atoms with E-state index in [1.165, 1.54) is 0 Å². The Morgan fingerprint density at radius 2 is 1.88 bits per heavy atom. The van der Waals surface area contributed by atoms with E-state index in [4.69, 9.17) is 9.84 Å². The third-order valence-corrected chi connectivity index (χ3v) is 3.06. The highest BCUT2D eigenvalue weighted by Crippen LogP contribution is 2.15. The van der Waals surface area contributed by atoms with Gasteiger partial charge >= 0.3 is 5.97 Å². The fourth-order valence-electron chi connectivity index (χ4n) is 1.68. The fourth-order valence-corrected chi connectivity index (χ4v) is 1.68. The largest absolute Gasteiger partial charge is 0.481 e. The minimum Gasteiger partial charge on any atom is -0.481 e. The molecule has 2 unspecified atom stereocenters. The first-order valence-corrected chi connectivity index (χ1v) is 5.63. The molecule has 0 aromatic carbocycles. The summed E-state index contributed by atoms with van der Waals surface area (Å²) in [5, 5.41) is 8.86. The van der Waals surface area contributed by atoms with Gasteiger partial charge in [-0.1, -0.05) is 13.8 Å². The van der Waals surface area contributed by atoms with Crippen molar-refractivity contribution >= 4 is 11.9 Å². The molecule has 0 radical (unpaired) electrons. The fraction of sp³-hybridized carbons (Fsp3) is 0.818. The molecule has 0 bridgehead atoms. The zero-order valence-electron chi connectivity index (χ0n) is 9.81. The van der Waals surface area contributed by atoms with E-state index < -0.39 is 17.8 Å². The Morgan fingerprint density at radius 3 is 2.50 bits per heavy atom. The average Bonchev–Trinajstić information content (AvgIpc) is 2.54. The number of carboxylic acid groups (broad SMARTS) is 1. The van der Waals surface area contributed by atoms with Crippen molar-refractivity contribution in [2.75, 3.05) is 26.3 Å². The number of hydrogen-bond acceptors (Lipinski definition) is 3. The van der Waals surface area contributed by atoms with Gasteiger partial charge in [-0.3, -0.25) is 9.59 Å². The molecule has 0 aromatic heterocycles. The Balaban J connectivity index is 2.57. The molecule has 1 fully saturated rings. The van der Waals surface area contributed by atoms with Crippen LogP contribution < -0.4 is 0 Å². The van der Waals surface area contributed by atoms with Crippen LogP contribution in [0.1, 0.15) is 20.3 Å². The standard InChI is InChI=1S/C11H19NO4/c1-8(9(2)11(14)15)10(13)12-4-3-6-16-7-5-12/h8-9H,3-7H2,1-2H3,(H,14,15). The lowest BCUT2D eigenvalue weighted by Crippen LogP contribution is -2.40. The lowest BCUT2D eigenvalue weighted by atomic mass is 9.94. The van der Waals surface area contributed by atoms with Gasteiger partial charge in [0.25, 0.3) is 0 Å². The van der Waals surface area contributed by atoms with E-state index in [0.29, 0.717) is 26.3 Å². The van der Waals surface area contributed by atoms with Crippen LogP contribution in [0.25, 0.3) is 0 Å². The number of ether oxygens (including phenoxy) is 1. The highest BCUT2D eigenvalue weighted by Gasteiger charge is 2.29. The van der Waals surface area contributed by atoms with Gasteiger partial charge in [0.1, 0.15) is 0 Å². The summed E-state index contributed by atoms with van der Waals surface area (Å²) in [6.45, 7) is 5.68. The Bertz CT molecular complexity index is 259. The van der Waals surface area contributed by atoms with Crippen LogP contribution >= 0.6 is 0 Å². The van der Waals surface area contributed by atoms with Crippen LogP contribution in [-0.2, 0) is 14.3 Å². The smallest absolute Gasteiger partial charge is 0.307 e. The van der Waals surface area contributed by atoms with E-state index in [0.717, 1.165) is 6.42 Å². The maximum absolute atomic E-state index is 12.0. The van der Waals surface area contributed by atoms with Crippen molar-refractivity contribution in [3.63, 3.8) is 0 Å². The molecular formula is C11H19NO4. The van der Waals surface area contributed by atoms with Gasteiger partial charge in [0.05, 0.1) is 12.5 Å². The molecule has 0 aromatic rings. The van der Waals surface area contributed by atoms with Crippen LogP contribution in [0, 0.1) is 11.8 Å². The van der Waals surface area contributed by atoms with Crippen molar-refractivity contribution in [1.82, 2.24) is 4.90 Å². The lowest BCUT2D eigenvalue weighted by molar-refractivity contribution is -0.149. The summed E-state index contributed by atoms with van der Waals surface area (Å²) < 4.78 is 5.25. The SMILES string of the molecule is CC(C(=O)O)C(C)C(=O)N1CCCOCC1. The van der Waals surface area contributed by atoms with Crippen molar-refractivity contribution in [2.45, 2.75) is 20.3 Å². The monoisotopic (exact) mass is 229 g/mol. The number of carbonyl (C=O) groups excluding carboxylic acids is 1. The molecule has 5 nitrogen and oxygen atoms in total. The van der Waals surface area contributed by atoms with Gasteiger partial charge in [0.15, 0.2) is 0 Å². The van der Waals surface area contributed by atoms with Gasteiger partial charge in [-0.25, -0.2) is 0 Å². The minimum atomic E-state index is -0.924. The van der Waals surface area contributed by atoms with E-state index >= 15 is 0 Å². The predicted octanol–water partition coefficient (Wildman–Crippen LogP) is 0.592. The van der Waals surface area contributed by atoms with E-state index in [9.17, 15) is 9.59 Å². The van der Waals surface area contributed by atoms with Crippen LogP contribution in [0.2, 0.25) is 0 Å². The molecule has 1 aliphatic rings. The molecule has 1 amide bonds. The van der Waals surface area contributed by atoms with Crippen molar-refractivity contribution in [3.05, 3.63) is 0 Å². The zero-order valence-corrected chi connectivity index (χ0v) is 9.81. The first-order chi connectivity index (χ1) is 7.54. The van der Waals surface area contributed by atoms with Crippen LogP contribution in [-0.4, -0.2) is 48.2 Å². The third kappa shape index (κ3) is 3.20. The Labute approximate surface area is 95.4 Å². The molecule has 1 aliphatic heterocycles. The summed E-state index contributed by atoms with van der Waals surface area (Å²) in [5.74, 6) is -2.13. The summed E-state index contributed by atoms with van der Waals surface area (Å²) in [6.07, 6.45) is 0.819. The third-order valence-electron chi connectivity index (χ3n) is 3.06. The molecule has 92 valence electrons. The van der Waals surface area contributed by atoms with Gasteiger partial charge in [0.2, 0.25) is 5.91 Å². The summed E-state index contributed by atoms with van der Waals surface area (Å²) in [5.41, 5.74) is 0. The number of nitrogens with zero attached hydrogens (tertiary/aromatic N) is 1. The lowest BCUT2D eigenvalue weighted by Gasteiger charge is -2.25. The molecule has 0 aliphatic carbocycles.